The number of ketones is 2. The molecule has 2 unspecified atom stereocenters. The van der Waals surface area contributed by atoms with Gasteiger partial charge in [-0.05, 0) is 79.1 Å². The van der Waals surface area contributed by atoms with E-state index in [1.165, 1.54) is 0 Å². The van der Waals surface area contributed by atoms with E-state index in [1.54, 1.807) is 0 Å². The summed E-state index contributed by atoms with van der Waals surface area (Å²) >= 11 is 0. The lowest BCUT2D eigenvalue weighted by Crippen LogP contribution is -2.65. The Morgan fingerprint density at radius 1 is 0.974 bits per heavy atom. The number of aromatic nitrogens is 2. The van der Waals surface area contributed by atoms with Crippen LogP contribution < -0.4 is 0 Å². The maximum absolute atomic E-state index is 14.6. The Morgan fingerprint density at radius 2 is 1.67 bits per heavy atom. The number of aryl methyl sites for hydroxylation is 1. The maximum atomic E-state index is 14.6. The van der Waals surface area contributed by atoms with Crippen LogP contribution in [0.2, 0.25) is 0 Å². The molecule has 6 nitrogen and oxygen atoms in total. The first-order chi connectivity index (χ1) is 18.1. The summed E-state index contributed by atoms with van der Waals surface area (Å²) < 4.78 is 6.16. The van der Waals surface area contributed by atoms with Gasteiger partial charge in [-0.25, -0.2) is 0 Å². The van der Waals surface area contributed by atoms with E-state index < -0.39 is 10.8 Å². The molecule has 6 rings (SSSR count). The minimum Gasteiger partial charge on any atom is -0.425 e. The zero-order chi connectivity index (χ0) is 28.4. The van der Waals surface area contributed by atoms with Crippen LogP contribution >= 0.6 is 0 Å². The second-order valence-corrected chi connectivity index (χ2v) is 15.5. The molecule has 3 saturated carbocycles. The molecule has 0 spiro atoms. The number of hydrogen-bond acceptors (Lipinski definition) is 6. The van der Waals surface area contributed by atoms with Crippen LogP contribution in [0.3, 0.4) is 0 Å². The number of carbonyl (C=O) groups excluding carboxylic acids is 2. The zero-order valence-electron chi connectivity index (χ0n) is 24.9. The summed E-state index contributed by atoms with van der Waals surface area (Å²) in [6.45, 7) is 17.4. The number of nitriles is 1. The fourth-order valence-electron chi connectivity index (χ4n) is 10.5. The van der Waals surface area contributed by atoms with Gasteiger partial charge in [-0.1, -0.05) is 60.1 Å². The van der Waals surface area contributed by atoms with E-state index >= 15 is 0 Å². The molecule has 0 aromatic carbocycles. The number of allylic oxidation sites excluding steroid dienone is 4. The lowest BCUT2D eigenvalue weighted by molar-refractivity contribution is -0.161. The third-order valence-corrected chi connectivity index (χ3v) is 12.8. The van der Waals surface area contributed by atoms with Crippen molar-refractivity contribution in [2.45, 2.75) is 106 Å². The average molecular weight is 530 g/mol. The monoisotopic (exact) mass is 529 g/mol. The summed E-state index contributed by atoms with van der Waals surface area (Å²) in [5.41, 5.74) is -0.382. The fraction of sp³-hybridized carbons (Fsp3) is 0.727. The molecule has 0 aliphatic heterocycles. The second-order valence-electron chi connectivity index (χ2n) is 15.5. The van der Waals surface area contributed by atoms with Crippen molar-refractivity contribution in [1.29, 1.82) is 5.26 Å². The predicted molar refractivity (Wildman–Crippen MR) is 147 cm³/mol. The Hall–Kier alpha value is -2.55. The highest BCUT2D eigenvalue weighted by Gasteiger charge is 2.70. The van der Waals surface area contributed by atoms with Gasteiger partial charge >= 0.3 is 0 Å². The van der Waals surface area contributed by atoms with Crippen molar-refractivity contribution in [2.75, 3.05) is 0 Å². The molecule has 0 bridgehead atoms. The maximum Gasteiger partial charge on any atom is 0.222 e. The number of hydrogen-bond donors (Lipinski definition) is 0. The third kappa shape index (κ3) is 3.19. The van der Waals surface area contributed by atoms with E-state index in [2.05, 4.69) is 50.9 Å². The van der Waals surface area contributed by atoms with Crippen molar-refractivity contribution >= 4 is 11.6 Å². The van der Waals surface area contributed by atoms with Gasteiger partial charge in [0.2, 0.25) is 11.8 Å². The largest absolute Gasteiger partial charge is 0.425 e. The molecule has 1 aromatic heterocycles. The third-order valence-electron chi connectivity index (χ3n) is 12.8. The molecular weight excluding hydrogens is 486 g/mol. The first kappa shape index (κ1) is 26.7. The van der Waals surface area contributed by atoms with Gasteiger partial charge in [-0.3, -0.25) is 9.59 Å². The first-order valence-corrected chi connectivity index (χ1v) is 14.8. The minimum atomic E-state index is -0.650. The average Bonchev–Trinajstić information content (AvgIpc) is 3.29. The lowest BCUT2D eigenvalue weighted by atomic mass is 9.34. The number of fused-ring (bicyclic) bond motifs is 7. The van der Waals surface area contributed by atoms with E-state index in [9.17, 15) is 14.9 Å². The topological polar surface area (TPSA) is 96.9 Å². The highest BCUT2D eigenvalue weighted by molar-refractivity contribution is 6.04. The molecule has 5 aliphatic carbocycles. The summed E-state index contributed by atoms with van der Waals surface area (Å²) in [5.74, 6) is 1.49. The molecule has 7 atom stereocenters. The molecule has 3 fully saturated rings. The Bertz CT molecular complexity index is 1390. The molecule has 0 saturated heterocycles. The standard InChI is InChI=1S/C33H43N3O3/c1-19-35-36-27(39-19)33-13-11-28(2,3)17-21(33)25-22(37)15-24-30(6)16-20(18-34)26(38)29(4,5)23(30)9-10-31(24,7)32(25,8)12-14-33/h15-16,21,23,25H,9-14,17H2,1-8H3/t21-,23?,25?,30+,31-,32-,33+/m1/s1. The van der Waals surface area contributed by atoms with Crippen molar-refractivity contribution in [2.24, 2.45) is 44.8 Å². The Morgan fingerprint density at radius 3 is 2.31 bits per heavy atom. The highest BCUT2D eigenvalue weighted by Crippen LogP contribution is 2.74. The van der Waals surface area contributed by atoms with E-state index in [0.717, 1.165) is 56.4 Å². The van der Waals surface area contributed by atoms with Gasteiger partial charge in [-0.2, -0.15) is 5.26 Å². The Labute approximate surface area is 232 Å². The number of nitrogens with zero attached hydrogens (tertiary/aromatic N) is 3. The molecule has 6 heteroatoms. The minimum absolute atomic E-state index is 0.0551. The van der Waals surface area contributed by atoms with Crippen molar-refractivity contribution in [3.05, 3.63) is 35.1 Å². The first-order valence-electron chi connectivity index (χ1n) is 14.8. The van der Waals surface area contributed by atoms with Gasteiger partial charge in [0, 0.05) is 23.7 Å². The van der Waals surface area contributed by atoms with Gasteiger partial charge in [0.15, 0.2) is 11.6 Å². The van der Waals surface area contributed by atoms with Crippen molar-refractivity contribution < 1.29 is 14.0 Å². The summed E-state index contributed by atoms with van der Waals surface area (Å²) in [4.78, 5) is 27.8. The van der Waals surface area contributed by atoms with Crippen LogP contribution in [0.1, 0.15) is 105 Å². The fourth-order valence-corrected chi connectivity index (χ4v) is 10.5. The predicted octanol–water partition coefficient (Wildman–Crippen LogP) is 6.85. The number of Topliss-reactive ketones (excluding diaryl/α,β-unsaturated/α-hetero) is 1. The van der Waals surface area contributed by atoms with Crippen molar-refractivity contribution in [1.82, 2.24) is 10.2 Å². The zero-order valence-corrected chi connectivity index (χ0v) is 24.9. The second kappa shape index (κ2) is 7.80. The van der Waals surface area contributed by atoms with E-state index in [0.29, 0.717) is 5.89 Å². The molecule has 208 valence electrons. The Kier molecular flexibility index (Phi) is 5.33. The number of rotatable bonds is 1. The van der Waals surface area contributed by atoms with Crippen LogP contribution in [-0.2, 0) is 15.0 Å². The van der Waals surface area contributed by atoms with Crippen LogP contribution in [-0.4, -0.2) is 21.8 Å². The molecule has 1 aromatic rings. The van der Waals surface area contributed by atoms with Crippen molar-refractivity contribution in [3.8, 4) is 6.07 Å². The van der Waals surface area contributed by atoms with Gasteiger partial charge in [-0.15, -0.1) is 10.2 Å². The molecule has 0 N–H and O–H groups in total. The van der Waals surface area contributed by atoms with E-state index in [-0.39, 0.29) is 56.6 Å². The van der Waals surface area contributed by atoms with Crippen LogP contribution in [0, 0.1) is 63.1 Å². The molecule has 1 heterocycles. The molecule has 0 radical (unpaired) electrons. The summed E-state index contributed by atoms with van der Waals surface area (Å²) in [7, 11) is 0. The van der Waals surface area contributed by atoms with E-state index in [1.807, 2.05) is 32.9 Å². The van der Waals surface area contributed by atoms with Crippen molar-refractivity contribution in [3.63, 3.8) is 0 Å². The number of carbonyl (C=O) groups is 2. The summed E-state index contributed by atoms with van der Waals surface area (Å²) in [6.07, 6.45) is 10.6. The summed E-state index contributed by atoms with van der Waals surface area (Å²) in [6, 6.07) is 2.20. The van der Waals surface area contributed by atoms with Gasteiger partial charge < -0.3 is 4.42 Å². The molecule has 0 amide bonds. The van der Waals surface area contributed by atoms with Gasteiger partial charge in [0.25, 0.3) is 0 Å². The van der Waals surface area contributed by atoms with Crippen LogP contribution in [0.5, 0.6) is 0 Å². The van der Waals surface area contributed by atoms with Crippen LogP contribution in [0.4, 0.5) is 0 Å². The molecule has 5 aliphatic rings. The Balaban J connectivity index is 1.54. The quantitative estimate of drug-likeness (QED) is 0.395. The normalized spacial score (nSPS) is 44.1. The molecule has 39 heavy (non-hydrogen) atoms. The van der Waals surface area contributed by atoms with Gasteiger partial charge in [0.1, 0.15) is 6.07 Å². The summed E-state index contributed by atoms with van der Waals surface area (Å²) in [5, 5.41) is 18.7. The highest BCUT2D eigenvalue weighted by atomic mass is 16.4. The SMILES string of the molecule is Cc1nnc([C@]23CCC(C)(C)C[C@@H]2C2C(=O)C=C4[C@@]5(C)C=C(C#N)C(=O)C(C)(C)C5CC[C@@]4(C)[C@]2(C)CC3)o1. The smallest absolute Gasteiger partial charge is 0.222 e. The van der Waals surface area contributed by atoms with E-state index in [4.69, 9.17) is 4.42 Å². The lowest BCUT2D eigenvalue weighted by Gasteiger charge is -2.68. The van der Waals surface area contributed by atoms with Gasteiger partial charge in [0.05, 0.1) is 11.0 Å². The van der Waals surface area contributed by atoms with Crippen LogP contribution in [0.25, 0.3) is 0 Å². The van der Waals surface area contributed by atoms with Crippen LogP contribution in [0.15, 0.2) is 27.7 Å². The molecular formula is C33H43N3O3.